The lowest BCUT2D eigenvalue weighted by Gasteiger charge is -2.37. The Hall–Kier alpha value is -0.300. The Morgan fingerprint density at radius 1 is 1.33 bits per heavy atom. The lowest BCUT2D eigenvalue weighted by molar-refractivity contribution is 0.0505. The fraction of sp³-hybridized carbons (Fsp3) is 0.818. The molecule has 0 aromatic rings. The molecule has 0 unspecified atom stereocenters. The van der Waals surface area contributed by atoms with Gasteiger partial charge in [-0.3, -0.25) is 0 Å². The monoisotopic (exact) mass is 166 g/mol. The Kier molecular flexibility index (Phi) is 2.22. The second-order valence-corrected chi connectivity index (χ2v) is 4.39. The van der Waals surface area contributed by atoms with Crippen LogP contribution in [-0.4, -0.2) is 11.2 Å². The minimum atomic E-state index is -0.0426. The molecule has 1 saturated carbocycles. The molecule has 0 aromatic heterocycles. The van der Waals surface area contributed by atoms with Crippen LogP contribution in [0.1, 0.15) is 39.0 Å². The number of hydrogen-bond donors (Lipinski definition) is 1. The van der Waals surface area contributed by atoms with Crippen molar-refractivity contribution in [2.24, 2.45) is 11.8 Å². The van der Waals surface area contributed by atoms with Gasteiger partial charge in [0.15, 0.2) is 0 Å². The van der Waals surface area contributed by atoms with Crippen molar-refractivity contribution in [3.8, 4) is 0 Å². The summed E-state index contributed by atoms with van der Waals surface area (Å²) in [4.78, 5) is 0. The van der Waals surface area contributed by atoms with E-state index in [9.17, 15) is 5.11 Å². The molecule has 2 rings (SSSR count). The highest BCUT2D eigenvalue weighted by atomic mass is 16.3. The van der Waals surface area contributed by atoms with Crippen molar-refractivity contribution in [2.75, 3.05) is 0 Å². The fourth-order valence-corrected chi connectivity index (χ4v) is 2.70. The predicted molar refractivity (Wildman–Crippen MR) is 49.8 cm³/mol. The molecular formula is C11H18O. The molecule has 0 heterocycles. The summed E-state index contributed by atoms with van der Waals surface area (Å²) in [6, 6.07) is 0. The van der Waals surface area contributed by atoms with Crippen molar-refractivity contribution >= 4 is 0 Å². The second kappa shape index (κ2) is 3.21. The third-order valence-corrected chi connectivity index (χ3v) is 3.45. The highest BCUT2D eigenvalue weighted by Crippen LogP contribution is 2.39. The number of hydrogen-bond acceptors (Lipinski definition) is 1. The van der Waals surface area contributed by atoms with Gasteiger partial charge >= 0.3 is 0 Å². The molecule has 0 amide bonds. The molecule has 0 saturated heterocycles. The summed E-state index contributed by atoms with van der Waals surface area (Å²) in [5.41, 5.74) is 1.48. The van der Waals surface area contributed by atoms with Crippen molar-refractivity contribution in [2.45, 2.75) is 45.1 Å². The van der Waals surface area contributed by atoms with Gasteiger partial charge in [-0.15, -0.1) is 0 Å². The molecular weight excluding hydrogens is 148 g/mol. The second-order valence-electron chi connectivity index (χ2n) is 4.39. The summed E-state index contributed by atoms with van der Waals surface area (Å²) in [5.74, 6) is 1.28. The van der Waals surface area contributed by atoms with Crippen LogP contribution in [0.3, 0.4) is 0 Å². The van der Waals surface area contributed by atoms with Gasteiger partial charge in [0.2, 0.25) is 0 Å². The zero-order valence-corrected chi connectivity index (χ0v) is 7.79. The highest BCUT2D eigenvalue weighted by molar-refractivity contribution is 5.09. The molecule has 1 heteroatoms. The van der Waals surface area contributed by atoms with Gasteiger partial charge in [-0.25, -0.2) is 0 Å². The molecule has 0 aromatic carbocycles. The number of allylic oxidation sites excluding steroid dienone is 1. The van der Waals surface area contributed by atoms with E-state index in [2.05, 4.69) is 13.0 Å². The van der Waals surface area contributed by atoms with Crippen LogP contribution < -0.4 is 0 Å². The average molecular weight is 166 g/mol. The van der Waals surface area contributed by atoms with E-state index in [0.29, 0.717) is 5.92 Å². The van der Waals surface area contributed by atoms with E-state index in [1.165, 1.54) is 31.3 Å². The maximum atomic E-state index is 9.78. The maximum Gasteiger partial charge on any atom is 0.0605 e. The van der Waals surface area contributed by atoms with Crippen molar-refractivity contribution in [1.82, 2.24) is 0 Å². The van der Waals surface area contributed by atoms with E-state index in [0.717, 1.165) is 12.3 Å². The summed E-state index contributed by atoms with van der Waals surface area (Å²) in [5, 5.41) is 9.78. The molecule has 68 valence electrons. The molecule has 0 bridgehead atoms. The third kappa shape index (κ3) is 1.42. The van der Waals surface area contributed by atoms with Gasteiger partial charge in [0.1, 0.15) is 0 Å². The molecule has 0 aliphatic heterocycles. The molecule has 2 aliphatic rings. The van der Waals surface area contributed by atoms with Gasteiger partial charge in [0, 0.05) is 5.92 Å². The van der Waals surface area contributed by atoms with Crippen LogP contribution >= 0.6 is 0 Å². The first-order valence-electron chi connectivity index (χ1n) is 5.13. The number of rotatable bonds is 0. The summed E-state index contributed by atoms with van der Waals surface area (Å²) in [7, 11) is 0. The van der Waals surface area contributed by atoms with Gasteiger partial charge in [0.05, 0.1) is 6.10 Å². The van der Waals surface area contributed by atoms with Gasteiger partial charge in [-0.1, -0.05) is 18.1 Å². The largest absolute Gasteiger partial charge is 0.393 e. The molecule has 2 aliphatic carbocycles. The van der Waals surface area contributed by atoms with E-state index < -0.39 is 0 Å². The Balaban J connectivity index is 2.14. The summed E-state index contributed by atoms with van der Waals surface area (Å²) < 4.78 is 0. The first kappa shape index (κ1) is 8.31. The first-order valence-corrected chi connectivity index (χ1v) is 5.13. The van der Waals surface area contributed by atoms with Crippen LogP contribution in [0.2, 0.25) is 0 Å². The minimum Gasteiger partial charge on any atom is -0.393 e. The minimum absolute atomic E-state index is 0.0426. The van der Waals surface area contributed by atoms with E-state index in [-0.39, 0.29) is 6.10 Å². The Morgan fingerprint density at radius 3 is 3.00 bits per heavy atom. The topological polar surface area (TPSA) is 20.2 Å². The van der Waals surface area contributed by atoms with Gasteiger partial charge < -0.3 is 5.11 Å². The molecule has 0 radical (unpaired) electrons. The summed E-state index contributed by atoms with van der Waals surface area (Å²) in [6.45, 7) is 2.19. The van der Waals surface area contributed by atoms with Crippen molar-refractivity contribution in [3.63, 3.8) is 0 Å². The summed E-state index contributed by atoms with van der Waals surface area (Å²) >= 11 is 0. The standard InChI is InChI=1S/C11H18O/c1-8-5-6-9-3-2-4-11(12)10(9)7-8/h7,9-12H,2-6H2,1H3/t9-,10+,11-/m0/s1. The molecule has 1 nitrogen and oxygen atoms in total. The first-order chi connectivity index (χ1) is 5.77. The zero-order valence-electron chi connectivity index (χ0n) is 7.79. The quantitative estimate of drug-likeness (QED) is 0.548. The fourth-order valence-electron chi connectivity index (χ4n) is 2.70. The van der Waals surface area contributed by atoms with Gasteiger partial charge in [-0.05, 0) is 38.5 Å². The normalized spacial score (nSPS) is 41.8. The van der Waals surface area contributed by atoms with E-state index in [4.69, 9.17) is 0 Å². The zero-order chi connectivity index (χ0) is 8.55. The predicted octanol–water partition coefficient (Wildman–Crippen LogP) is 2.50. The van der Waals surface area contributed by atoms with Crippen LogP contribution in [-0.2, 0) is 0 Å². The molecule has 1 fully saturated rings. The van der Waals surface area contributed by atoms with Crippen LogP contribution in [0.4, 0.5) is 0 Å². The number of aliphatic hydroxyl groups is 1. The van der Waals surface area contributed by atoms with E-state index in [1.807, 2.05) is 0 Å². The van der Waals surface area contributed by atoms with Crippen LogP contribution in [0, 0.1) is 11.8 Å². The number of fused-ring (bicyclic) bond motifs is 1. The number of aliphatic hydroxyl groups excluding tert-OH is 1. The molecule has 12 heavy (non-hydrogen) atoms. The Morgan fingerprint density at radius 2 is 2.17 bits per heavy atom. The Labute approximate surface area is 74.5 Å². The van der Waals surface area contributed by atoms with Crippen molar-refractivity contribution < 1.29 is 5.11 Å². The smallest absolute Gasteiger partial charge is 0.0605 e. The van der Waals surface area contributed by atoms with Gasteiger partial charge in [-0.2, -0.15) is 0 Å². The van der Waals surface area contributed by atoms with Crippen molar-refractivity contribution in [1.29, 1.82) is 0 Å². The molecule has 0 spiro atoms. The average Bonchev–Trinajstić information content (AvgIpc) is 2.07. The van der Waals surface area contributed by atoms with E-state index in [1.54, 1.807) is 0 Å². The third-order valence-electron chi connectivity index (χ3n) is 3.45. The summed E-state index contributed by atoms with van der Waals surface area (Å²) in [6.07, 6.45) is 8.43. The SMILES string of the molecule is CC1=C[C@@H]2[C@@H](CCC[C@@H]2O)CC1. The van der Waals surface area contributed by atoms with Crippen LogP contribution in [0.25, 0.3) is 0 Å². The molecule has 1 N–H and O–H groups in total. The lowest BCUT2D eigenvalue weighted by atomic mass is 9.71. The Bertz CT molecular complexity index is 195. The van der Waals surface area contributed by atoms with Crippen LogP contribution in [0.15, 0.2) is 11.6 Å². The maximum absolute atomic E-state index is 9.78. The van der Waals surface area contributed by atoms with Gasteiger partial charge in [0.25, 0.3) is 0 Å². The molecule has 3 atom stereocenters. The van der Waals surface area contributed by atoms with Crippen LogP contribution in [0.5, 0.6) is 0 Å². The van der Waals surface area contributed by atoms with Crippen molar-refractivity contribution in [3.05, 3.63) is 11.6 Å². The highest BCUT2D eigenvalue weighted by Gasteiger charge is 2.32. The van der Waals surface area contributed by atoms with E-state index >= 15 is 0 Å². The lowest BCUT2D eigenvalue weighted by Crippen LogP contribution is -2.32.